The van der Waals surface area contributed by atoms with Gasteiger partial charge in [-0.05, 0) is 24.3 Å². The van der Waals surface area contributed by atoms with Gasteiger partial charge in [0.2, 0.25) is 0 Å². The van der Waals surface area contributed by atoms with Crippen LogP contribution in [-0.4, -0.2) is 17.0 Å². The highest BCUT2D eigenvalue weighted by Crippen LogP contribution is 2.30. The lowest BCUT2D eigenvalue weighted by Gasteiger charge is -2.04. The summed E-state index contributed by atoms with van der Waals surface area (Å²) in [4.78, 5) is 15.7. The number of pyridine rings is 1. The first-order chi connectivity index (χ1) is 9.08. The van der Waals surface area contributed by atoms with E-state index in [1.165, 1.54) is 23.9 Å². The number of anilines is 1. The zero-order valence-corrected chi connectivity index (χ0v) is 12.4. The van der Waals surface area contributed by atoms with Gasteiger partial charge in [-0.15, -0.1) is 0 Å². The molecule has 1 heterocycles. The summed E-state index contributed by atoms with van der Waals surface area (Å²) in [5, 5.41) is 14.3. The zero-order valence-electron chi connectivity index (χ0n) is 9.96. The van der Waals surface area contributed by atoms with Crippen molar-refractivity contribution in [2.45, 2.75) is 9.92 Å². The van der Waals surface area contributed by atoms with Crippen molar-refractivity contribution < 1.29 is 4.92 Å². The monoisotopic (exact) mass is 339 g/mol. The average molecular weight is 340 g/mol. The third-order valence-corrected chi connectivity index (χ3v) is 3.74. The summed E-state index contributed by atoms with van der Waals surface area (Å²) in [6.07, 6.45) is 0. The molecular weight excluding hydrogens is 330 g/mol. The molecule has 0 atom stereocenters. The molecule has 0 amide bonds. The standard InChI is InChI=1S/C12H10BrN3O2S/c1-14-11-6-9(16(17)18)7-12(15-11)19-10-4-2-8(13)3-5-10/h2-7H,1H3,(H,14,15). The van der Waals surface area contributed by atoms with E-state index in [0.29, 0.717) is 10.8 Å². The van der Waals surface area contributed by atoms with Crippen LogP contribution in [0.5, 0.6) is 0 Å². The predicted octanol–water partition coefficient (Wildman–Crippen LogP) is 3.95. The molecule has 2 aromatic rings. The smallest absolute Gasteiger partial charge is 0.275 e. The first-order valence-electron chi connectivity index (χ1n) is 5.36. The maximum atomic E-state index is 10.9. The fourth-order valence-corrected chi connectivity index (χ4v) is 2.50. The van der Waals surface area contributed by atoms with Gasteiger partial charge in [0.05, 0.1) is 11.0 Å². The van der Waals surface area contributed by atoms with E-state index in [0.717, 1.165) is 9.37 Å². The molecule has 0 saturated carbocycles. The molecule has 0 saturated heterocycles. The zero-order chi connectivity index (χ0) is 13.8. The van der Waals surface area contributed by atoms with Crippen LogP contribution in [0.1, 0.15) is 0 Å². The van der Waals surface area contributed by atoms with E-state index in [4.69, 9.17) is 0 Å². The van der Waals surface area contributed by atoms with E-state index < -0.39 is 4.92 Å². The summed E-state index contributed by atoms with van der Waals surface area (Å²) in [6, 6.07) is 10.6. The van der Waals surface area contributed by atoms with Crippen LogP contribution >= 0.6 is 27.7 Å². The fourth-order valence-electron chi connectivity index (χ4n) is 1.40. The molecule has 1 aromatic heterocycles. The van der Waals surface area contributed by atoms with Gasteiger partial charge in [0, 0.05) is 22.5 Å². The number of hydrogen-bond donors (Lipinski definition) is 1. The minimum absolute atomic E-state index is 0.0268. The molecule has 0 spiro atoms. The Labute approximate surface area is 122 Å². The van der Waals surface area contributed by atoms with Crippen LogP contribution in [0.4, 0.5) is 11.5 Å². The summed E-state index contributed by atoms with van der Waals surface area (Å²) >= 11 is 4.74. The van der Waals surface area contributed by atoms with Gasteiger partial charge in [0.1, 0.15) is 10.8 Å². The van der Waals surface area contributed by atoms with E-state index in [1.54, 1.807) is 7.05 Å². The lowest BCUT2D eigenvalue weighted by atomic mass is 10.4. The molecule has 1 aromatic carbocycles. The second-order valence-electron chi connectivity index (χ2n) is 3.61. The molecule has 2 rings (SSSR count). The fraction of sp³-hybridized carbons (Fsp3) is 0.0833. The average Bonchev–Trinajstić information content (AvgIpc) is 2.41. The van der Waals surface area contributed by atoms with Crippen molar-refractivity contribution in [3.8, 4) is 0 Å². The minimum atomic E-state index is -0.422. The van der Waals surface area contributed by atoms with E-state index in [9.17, 15) is 10.1 Å². The maximum Gasteiger partial charge on any atom is 0.275 e. The van der Waals surface area contributed by atoms with Gasteiger partial charge < -0.3 is 5.32 Å². The molecule has 5 nitrogen and oxygen atoms in total. The molecular formula is C12H10BrN3O2S. The van der Waals surface area contributed by atoms with E-state index in [2.05, 4.69) is 26.2 Å². The number of benzene rings is 1. The number of aromatic nitrogens is 1. The Balaban J connectivity index is 2.31. The maximum absolute atomic E-state index is 10.9. The van der Waals surface area contributed by atoms with Gasteiger partial charge in [0.25, 0.3) is 5.69 Å². The highest BCUT2D eigenvalue weighted by molar-refractivity contribution is 9.10. The normalized spacial score (nSPS) is 10.2. The Morgan fingerprint density at radius 1 is 1.32 bits per heavy atom. The topological polar surface area (TPSA) is 68.1 Å². The van der Waals surface area contributed by atoms with Gasteiger partial charge in [-0.2, -0.15) is 0 Å². The lowest BCUT2D eigenvalue weighted by molar-refractivity contribution is -0.385. The second-order valence-corrected chi connectivity index (χ2v) is 5.62. The molecule has 98 valence electrons. The van der Waals surface area contributed by atoms with Gasteiger partial charge in [-0.3, -0.25) is 10.1 Å². The molecule has 0 unspecified atom stereocenters. The van der Waals surface area contributed by atoms with E-state index >= 15 is 0 Å². The summed E-state index contributed by atoms with van der Waals surface area (Å²) in [7, 11) is 1.68. The SMILES string of the molecule is CNc1cc([N+](=O)[O-])cc(Sc2ccc(Br)cc2)n1. The first kappa shape index (κ1) is 13.8. The molecule has 0 radical (unpaired) electrons. The molecule has 19 heavy (non-hydrogen) atoms. The summed E-state index contributed by atoms with van der Waals surface area (Å²) in [5.74, 6) is 0.480. The van der Waals surface area contributed by atoms with Crippen molar-refractivity contribution in [3.05, 3.63) is 51.0 Å². The largest absolute Gasteiger partial charge is 0.373 e. The Morgan fingerprint density at radius 2 is 2.00 bits per heavy atom. The van der Waals surface area contributed by atoms with Crippen LogP contribution in [0, 0.1) is 10.1 Å². The quantitative estimate of drug-likeness (QED) is 0.674. The number of hydrogen-bond acceptors (Lipinski definition) is 5. The third-order valence-electron chi connectivity index (χ3n) is 2.29. The van der Waals surface area contributed by atoms with Crippen LogP contribution in [0.15, 0.2) is 50.8 Å². The summed E-state index contributed by atoms with van der Waals surface area (Å²) in [6.45, 7) is 0. The Bertz CT molecular complexity index is 604. The van der Waals surface area contributed by atoms with Crippen LogP contribution in [0.2, 0.25) is 0 Å². The molecule has 0 bridgehead atoms. The summed E-state index contributed by atoms with van der Waals surface area (Å²) in [5.41, 5.74) is 0.0268. The van der Waals surface area contributed by atoms with Crippen LogP contribution in [0.25, 0.3) is 0 Å². The number of nitrogens with one attached hydrogen (secondary N) is 1. The molecule has 0 fully saturated rings. The number of halogens is 1. The molecule has 0 aliphatic heterocycles. The van der Waals surface area contributed by atoms with Crippen LogP contribution < -0.4 is 5.32 Å². The lowest BCUT2D eigenvalue weighted by Crippen LogP contribution is -1.96. The highest BCUT2D eigenvalue weighted by Gasteiger charge is 2.11. The number of nitrogens with zero attached hydrogens (tertiary/aromatic N) is 2. The van der Waals surface area contributed by atoms with Gasteiger partial charge in [0.15, 0.2) is 0 Å². The van der Waals surface area contributed by atoms with Gasteiger partial charge >= 0.3 is 0 Å². The van der Waals surface area contributed by atoms with Crippen molar-refractivity contribution in [1.29, 1.82) is 0 Å². The number of nitro groups is 1. The molecule has 0 aliphatic rings. The van der Waals surface area contributed by atoms with Crippen LogP contribution in [-0.2, 0) is 0 Å². The minimum Gasteiger partial charge on any atom is -0.373 e. The first-order valence-corrected chi connectivity index (χ1v) is 6.97. The van der Waals surface area contributed by atoms with Crippen molar-refractivity contribution >= 4 is 39.2 Å². The predicted molar refractivity (Wildman–Crippen MR) is 78.7 cm³/mol. The summed E-state index contributed by atoms with van der Waals surface area (Å²) < 4.78 is 0.986. The van der Waals surface area contributed by atoms with Crippen molar-refractivity contribution in [2.24, 2.45) is 0 Å². The highest BCUT2D eigenvalue weighted by atomic mass is 79.9. The Hall–Kier alpha value is -1.60. The molecule has 0 aliphatic carbocycles. The number of rotatable bonds is 4. The van der Waals surface area contributed by atoms with Crippen molar-refractivity contribution in [1.82, 2.24) is 4.98 Å². The van der Waals surface area contributed by atoms with Gasteiger partial charge in [-0.25, -0.2) is 4.98 Å². The van der Waals surface area contributed by atoms with Crippen molar-refractivity contribution in [2.75, 3.05) is 12.4 Å². The van der Waals surface area contributed by atoms with Crippen LogP contribution in [0.3, 0.4) is 0 Å². The Kier molecular flexibility index (Phi) is 4.39. The van der Waals surface area contributed by atoms with E-state index in [-0.39, 0.29) is 5.69 Å². The third kappa shape index (κ3) is 3.68. The molecule has 7 heteroatoms. The van der Waals surface area contributed by atoms with Crippen molar-refractivity contribution in [3.63, 3.8) is 0 Å². The van der Waals surface area contributed by atoms with E-state index in [1.807, 2.05) is 24.3 Å². The Morgan fingerprint density at radius 3 is 2.58 bits per heavy atom. The second kappa shape index (κ2) is 6.03. The molecule has 1 N–H and O–H groups in total. The van der Waals surface area contributed by atoms with Gasteiger partial charge in [-0.1, -0.05) is 27.7 Å².